The van der Waals surface area contributed by atoms with E-state index in [1.807, 2.05) is 0 Å². The Balaban J connectivity index is 2.19. The van der Waals surface area contributed by atoms with Crippen LogP contribution in [0.4, 0.5) is 10.1 Å². The Morgan fingerprint density at radius 1 is 1.37 bits per heavy atom. The van der Waals surface area contributed by atoms with Crippen molar-refractivity contribution in [3.8, 4) is 0 Å². The first-order chi connectivity index (χ1) is 9.09. The van der Waals surface area contributed by atoms with Crippen LogP contribution < -0.4 is 0 Å². The van der Waals surface area contributed by atoms with Crippen molar-refractivity contribution in [2.75, 3.05) is 24.6 Å². The molecule has 0 aliphatic carbocycles. The summed E-state index contributed by atoms with van der Waals surface area (Å²) in [6, 6.07) is 3.29. The van der Waals surface area contributed by atoms with Gasteiger partial charge in [0.2, 0.25) is 5.82 Å². The summed E-state index contributed by atoms with van der Waals surface area (Å²) in [6.45, 7) is 1.27. The molecule has 1 aliphatic rings. The molecule has 19 heavy (non-hydrogen) atoms. The van der Waals surface area contributed by atoms with Gasteiger partial charge in [0.1, 0.15) is 0 Å². The SMILES string of the molecule is O=C(c1ccc([N+](=O)[O-])c(F)c1)N1CCCSCC1. The number of halogens is 1. The number of nitro groups is 1. The van der Waals surface area contributed by atoms with Gasteiger partial charge in [-0.3, -0.25) is 14.9 Å². The summed E-state index contributed by atoms with van der Waals surface area (Å²) in [7, 11) is 0. The molecule has 0 atom stereocenters. The van der Waals surface area contributed by atoms with Crippen molar-refractivity contribution in [1.29, 1.82) is 0 Å². The highest BCUT2D eigenvalue weighted by Gasteiger charge is 2.21. The van der Waals surface area contributed by atoms with E-state index < -0.39 is 16.4 Å². The number of carbonyl (C=O) groups excluding carboxylic acids is 1. The Morgan fingerprint density at radius 2 is 2.16 bits per heavy atom. The van der Waals surface area contributed by atoms with Crippen molar-refractivity contribution in [2.24, 2.45) is 0 Å². The summed E-state index contributed by atoms with van der Waals surface area (Å²) < 4.78 is 13.5. The molecule has 1 fully saturated rings. The normalized spacial score (nSPS) is 15.9. The number of carbonyl (C=O) groups is 1. The fraction of sp³-hybridized carbons (Fsp3) is 0.417. The molecule has 2 rings (SSSR count). The van der Waals surface area contributed by atoms with Crippen LogP contribution in [0.1, 0.15) is 16.8 Å². The second-order valence-corrected chi connectivity index (χ2v) is 5.41. The predicted molar refractivity (Wildman–Crippen MR) is 70.9 cm³/mol. The van der Waals surface area contributed by atoms with Crippen LogP contribution >= 0.6 is 11.8 Å². The number of rotatable bonds is 2. The molecular weight excluding hydrogens is 271 g/mol. The third-order valence-corrected chi connectivity index (χ3v) is 3.95. The Kier molecular flexibility index (Phi) is 4.36. The zero-order valence-electron chi connectivity index (χ0n) is 10.2. The highest BCUT2D eigenvalue weighted by molar-refractivity contribution is 7.99. The van der Waals surface area contributed by atoms with Crippen molar-refractivity contribution in [3.63, 3.8) is 0 Å². The van der Waals surface area contributed by atoms with Crippen LogP contribution in [0.2, 0.25) is 0 Å². The van der Waals surface area contributed by atoms with Crippen LogP contribution in [0.25, 0.3) is 0 Å². The Hall–Kier alpha value is -1.63. The quantitative estimate of drug-likeness (QED) is 0.617. The number of thioether (sulfide) groups is 1. The van der Waals surface area contributed by atoms with Crippen LogP contribution in [-0.4, -0.2) is 40.3 Å². The summed E-state index contributed by atoms with van der Waals surface area (Å²) in [4.78, 5) is 23.6. The van der Waals surface area contributed by atoms with E-state index in [-0.39, 0.29) is 11.5 Å². The standard InChI is InChI=1S/C12H13FN2O3S/c13-10-8-9(2-3-11(10)15(17)18)12(16)14-4-1-6-19-7-5-14/h2-3,8H,1,4-7H2. The maximum atomic E-state index is 13.5. The van der Waals surface area contributed by atoms with Gasteiger partial charge in [-0.15, -0.1) is 0 Å². The molecule has 1 heterocycles. The molecule has 0 unspecified atom stereocenters. The molecule has 102 valence electrons. The van der Waals surface area contributed by atoms with Crippen LogP contribution in [0.5, 0.6) is 0 Å². The summed E-state index contributed by atoms with van der Waals surface area (Å²) in [6.07, 6.45) is 0.909. The Bertz CT molecular complexity index is 502. The third kappa shape index (κ3) is 3.23. The summed E-state index contributed by atoms with van der Waals surface area (Å²) >= 11 is 1.78. The van der Waals surface area contributed by atoms with Gasteiger partial charge in [0.25, 0.3) is 5.91 Å². The molecule has 1 saturated heterocycles. The van der Waals surface area contributed by atoms with Crippen molar-refractivity contribution >= 4 is 23.4 Å². The molecule has 7 heteroatoms. The topological polar surface area (TPSA) is 63.4 Å². The molecular formula is C12H13FN2O3S. The van der Waals surface area contributed by atoms with Gasteiger partial charge in [-0.1, -0.05) is 0 Å². The van der Waals surface area contributed by atoms with Crippen molar-refractivity contribution in [3.05, 3.63) is 39.7 Å². The number of nitrogens with zero attached hydrogens (tertiary/aromatic N) is 2. The number of nitro benzene ring substituents is 1. The number of amides is 1. The first kappa shape index (κ1) is 13.8. The van der Waals surface area contributed by atoms with Crippen LogP contribution in [0.3, 0.4) is 0 Å². The van der Waals surface area contributed by atoms with Crippen LogP contribution in [0, 0.1) is 15.9 Å². The second kappa shape index (κ2) is 6.01. The Labute approximate surface area is 113 Å². The van der Waals surface area contributed by atoms with Crippen molar-refractivity contribution in [2.45, 2.75) is 6.42 Å². The maximum absolute atomic E-state index is 13.5. The van der Waals surface area contributed by atoms with Gasteiger partial charge in [-0.25, -0.2) is 0 Å². The lowest BCUT2D eigenvalue weighted by Gasteiger charge is -2.19. The largest absolute Gasteiger partial charge is 0.338 e. The number of benzene rings is 1. The minimum absolute atomic E-state index is 0.162. The molecule has 1 aromatic rings. The molecule has 1 amide bonds. The van der Waals surface area contributed by atoms with Gasteiger partial charge in [-0.05, 0) is 24.3 Å². The number of hydrogen-bond donors (Lipinski definition) is 0. The van der Waals surface area contributed by atoms with E-state index in [9.17, 15) is 19.3 Å². The van der Waals surface area contributed by atoms with Gasteiger partial charge in [0.05, 0.1) is 4.92 Å². The van der Waals surface area contributed by atoms with E-state index in [2.05, 4.69) is 0 Å². The van der Waals surface area contributed by atoms with E-state index in [4.69, 9.17) is 0 Å². The minimum Gasteiger partial charge on any atom is -0.338 e. The lowest BCUT2D eigenvalue weighted by Crippen LogP contribution is -2.33. The lowest BCUT2D eigenvalue weighted by atomic mass is 10.1. The van der Waals surface area contributed by atoms with Gasteiger partial charge in [0.15, 0.2) is 0 Å². The van der Waals surface area contributed by atoms with E-state index in [0.29, 0.717) is 13.1 Å². The van der Waals surface area contributed by atoms with Gasteiger partial charge >= 0.3 is 5.69 Å². The van der Waals surface area contributed by atoms with E-state index >= 15 is 0 Å². The fourth-order valence-corrected chi connectivity index (χ4v) is 2.81. The third-order valence-electron chi connectivity index (χ3n) is 2.90. The average molecular weight is 284 g/mol. The minimum atomic E-state index is -0.972. The highest BCUT2D eigenvalue weighted by atomic mass is 32.2. The molecule has 1 aromatic carbocycles. The Morgan fingerprint density at radius 3 is 2.84 bits per heavy atom. The molecule has 0 spiro atoms. The summed E-state index contributed by atoms with van der Waals surface area (Å²) in [5, 5.41) is 10.5. The molecule has 0 N–H and O–H groups in total. The molecule has 0 bridgehead atoms. The first-order valence-electron chi connectivity index (χ1n) is 5.90. The molecule has 5 nitrogen and oxygen atoms in total. The molecule has 1 aliphatic heterocycles. The van der Waals surface area contributed by atoms with Crippen LogP contribution in [0.15, 0.2) is 18.2 Å². The zero-order chi connectivity index (χ0) is 13.8. The predicted octanol–water partition coefficient (Wildman–Crippen LogP) is 2.31. The van der Waals surface area contributed by atoms with Crippen molar-refractivity contribution < 1.29 is 14.1 Å². The highest BCUT2D eigenvalue weighted by Crippen LogP contribution is 2.20. The van der Waals surface area contributed by atoms with Crippen LogP contribution in [-0.2, 0) is 0 Å². The van der Waals surface area contributed by atoms with Gasteiger partial charge in [0, 0.05) is 30.5 Å². The van der Waals surface area contributed by atoms with Crippen molar-refractivity contribution in [1.82, 2.24) is 4.90 Å². The second-order valence-electron chi connectivity index (χ2n) is 4.18. The average Bonchev–Trinajstić information content (AvgIpc) is 2.66. The lowest BCUT2D eigenvalue weighted by molar-refractivity contribution is -0.387. The zero-order valence-corrected chi connectivity index (χ0v) is 11.0. The van der Waals surface area contributed by atoms with E-state index in [1.54, 1.807) is 16.7 Å². The first-order valence-corrected chi connectivity index (χ1v) is 7.06. The fourth-order valence-electron chi connectivity index (χ4n) is 1.92. The summed E-state index contributed by atoms with van der Waals surface area (Å²) in [5.41, 5.74) is -0.446. The molecule has 0 aromatic heterocycles. The van der Waals surface area contributed by atoms with Gasteiger partial charge in [-0.2, -0.15) is 16.2 Å². The smallest absolute Gasteiger partial charge is 0.304 e. The van der Waals surface area contributed by atoms with E-state index in [0.717, 1.165) is 30.1 Å². The maximum Gasteiger partial charge on any atom is 0.304 e. The van der Waals surface area contributed by atoms with E-state index in [1.165, 1.54) is 6.07 Å². The summed E-state index contributed by atoms with van der Waals surface area (Å²) in [5.74, 6) is 0.635. The molecule has 0 radical (unpaired) electrons. The molecule has 0 saturated carbocycles. The number of hydrogen-bond acceptors (Lipinski definition) is 4. The monoisotopic (exact) mass is 284 g/mol. The van der Waals surface area contributed by atoms with Gasteiger partial charge < -0.3 is 4.90 Å².